The summed E-state index contributed by atoms with van der Waals surface area (Å²) in [6, 6.07) is 17.5. The Kier molecular flexibility index (Phi) is 4.91. The van der Waals surface area contributed by atoms with Crippen molar-refractivity contribution in [1.82, 2.24) is 0 Å². The van der Waals surface area contributed by atoms with E-state index in [1.54, 1.807) is 4.90 Å². The molecule has 1 atom stereocenters. The topological polar surface area (TPSA) is 37.4 Å². The van der Waals surface area contributed by atoms with Crippen molar-refractivity contribution >= 4 is 33.3 Å². The van der Waals surface area contributed by atoms with Gasteiger partial charge in [0.15, 0.2) is 0 Å². The van der Waals surface area contributed by atoms with Crippen molar-refractivity contribution in [3.63, 3.8) is 0 Å². The molecule has 0 spiro atoms. The van der Waals surface area contributed by atoms with E-state index in [9.17, 15) is 9.59 Å². The monoisotopic (exact) mass is 371 g/mol. The molecule has 1 aliphatic rings. The minimum atomic E-state index is -0.484. The van der Waals surface area contributed by atoms with E-state index in [-0.39, 0.29) is 11.7 Å². The third kappa shape index (κ3) is 3.70. The first-order valence-corrected chi connectivity index (χ1v) is 8.58. The predicted molar refractivity (Wildman–Crippen MR) is 94.4 cm³/mol. The van der Waals surface area contributed by atoms with Gasteiger partial charge in [0.05, 0.1) is 5.92 Å². The minimum Gasteiger partial charge on any atom is -0.312 e. The average molecular weight is 372 g/mol. The zero-order chi connectivity index (χ0) is 16.2. The number of ketones is 1. The summed E-state index contributed by atoms with van der Waals surface area (Å²) >= 11 is 3.43. The first-order chi connectivity index (χ1) is 11.1. The number of anilines is 1. The molecule has 1 unspecified atom stereocenters. The molecular formula is C19H18BrNO2. The number of carbonyl (C=O) groups excluding carboxylic acids is 2. The van der Waals surface area contributed by atoms with Crippen LogP contribution in [0.3, 0.4) is 0 Å². The average Bonchev–Trinajstić information content (AvgIpc) is 2.95. The maximum atomic E-state index is 12.5. The number of amides is 1. The van der Waals surface area contributed by atoms with Crippen LogP contribution in [-0.2, 0) is 16.0 Å². The third-order valence-electron chi connectivity index (χ3n) is 4.21. The van der Waals surface area contributed by atoms with Crippen molar-refractivity contribution in [2.45, 2.75) is 19.3 Å². The predicted octanol–water partition coefficient (Wildman–Crippen LogP) is 4.00. The molecule has 1 aliphatic heterocycles. The number of hydrogen-bond donors (Lipinski definition) is 0. The van der Waals surface area contributed by atoms with Crippen LogP contribution in [0.25, 0.3) is 0 Å². The highest BCUT2D eigenvalue weighted by molar-refractivity contribution is 9.10. The summed E-state index contributed by atoms with van der Waals surface area (Å²) in [4.78, 5) is 26.7. The molecule has 3 nitrogen and oxygen atoms in total. The summed E-state index contributed by atoms with van der Waals surface area (Å²) in [7, 11) is 0. The molecule has 0 bridgehead atoms. The quantitative estimate of drug-likeness (QED) is 0.744. The van der Waals surface area contributed by atoms with Crippen molar-refractivity contribution in [2.24, 2.45) is 5.92 Å². The van der Waals surface area contributed by atoms with E-state index in [1.165, 1.54) is 0 Å². The Labute approximate surface area is 144 Å². The molecule has 4 heteroatoms. The number of para-hydroxylation sites is 1. The Morgan fingerprint density at radius 3 is 2.65 bits per heavy atom. The number of Topliss-reactive ketones (excluding diaryl/α,β-unsaturated/α-hetero) is 1. The minimum absolute atomic E-state index is 0.0495. The van der Waals surface area contributed by atoms with E-state index < -0.39 is 5.92 Å². The number of nitrogens with zero attached hydrogens (tertiary/aromatic N) is 1. The van der Waals surface area contributed by atoms with Gasteiger partial charge >= 0.3 is 0 Å². The van der Waals surface area contributed by atoms with E-state index in [2.05, 4.69) is 15.9 Å². The Morgan fingerprint density at radius 1 is 1.13 bits per heavy atom. The maximum Gasteiger partial charge on any atom is 0.237 e. The van der Waals surface area contributed by atoms with E-state index >= 15 is 0 Å². The summed E-state index contributed by atoms with van der Waals surface area (Å²) < 4.78 is 1.01. The lowest BCUT2D eigenvalue weighted by Crippen LogP contribution is -2.30. The van der Waals surface area contributed by atoms with Crippen LogP contribution in [0.2, 0.25) is 0 Å². The van der Waals surface area contributed by atoms with E-state index in [0.29, 0.717) is 25.8 Å². The van der Waals surface area contributed by atoms with Gasteiger partial charge in [-0.15, -0.1) is 0 Å². The maximum absolute atomic E-state index is 12.5. The molecule has 1 heterocycles. The highest BCUT2D eigenvalue weighted by Crippen LogP contribution is 2.26. The van der Waals surface area contributed by atoms with Crippen LogP contribution in [0.15, 0.2) is 59.1 Å². The number of halogens is 1. The fraction of sp³-hybridized carbons (Fsp3) is 0.263. The molecule has 2 aromatic carbocycles. The van der Waals surface area contributed by atoms with Gasteiger partial charge in [-0.3, -0.25) is 9.59 Å². The fourth-order valence-electron chi connectivity index (χ4n) is 2.98. The number of hydrogen-bond acceptors (Lipinski definition) is 2. The summed E-state index contributed by atoms with van der Waals surface area (Å²) in [5.74, 6) is -0.494. The Bertz CT molecular complexity index is 714. The second-order valence-electron chi connectivity index (χ2n) is 5.76. The molecular weight excluding hydrogens is 354 g/mol. The van der Waals surface area contributed by atoms with Gasteiger partial charge in [-0.1, -0.05) is 46.3 Å². The van der Waals surface area contributed by atoms with Crippen LogP contribution in [0.1, 0.15) is 18.4 Å². The molecule has 118 valence electrons. The molecule has 0 saturated carbocycles. The van der Waals surface area contributed by atoms with E-state index in [4.69, 9.17) is 0 Å². The first-order valence-electron chi connectivity index (χ1n) is 7.79. The summed E-state index contributed by atoms with van der Waals surface area (Å²) in [5.41, 5.74) is 1.98. The SMILES string of the molecule is O=C(CCc1cccc(Br)c1)C1CCN(c2ccccc2)C1=O. The standard InChI is InChI=1S/C19H18BrNO2/c20-15-6-4-5-14(13-15)9-10-18(22)17-11-12-21(19(17)23)16-7-2-1-3-8-16/h1-8,13,17H,9-12H2. The number of rotatable bonds is 5. The van der Waals surface area contributed by atoms with Gasteiger partial charge in [-0.2, -0.15) is 0 Å². The first kappa shape index (κ1) is 15.9. The molecule has 1 fully saturated rings. The molecule has 1 saturated heterocycles. The Hall–Kier alpha value is -1.94. The molecule has 0 aromatic heterocycles. The second-order valence-corrected chi connectivity index (χ2v) is 6.68. The highest BCUT2D eigenvalue weighted by Gasteiger charge is 2.36. The van der Waals surface area contributed by atoms with Crippen molar-refractivity contribution < 1.29 is 9.59 Å². The van der Waals surface area contributed by atoms with Crippen LogP contribution < -0.4 is 4.90 Å². The van der Waals surface area contributed by atoms with Crippen LogP contribution in [-0.4, -0.2) is 18.2 Å². The Morgan fingerprint density at radius 2 is 1.91 bits per heavy atom. The summed E-state index contributed by atoms with van der Waals surface area (Å²) in [6.45, 7) is 0.621. The van der Waals surface area contributed by atoms with Gasteiger partial charge in [-0.25, -0.2) is 0 Å². The lowest BCUT2D eigenvalue weighted by atomic mass is 9.97. The molecule has 3 rings (SSSR count). The van der Waals surface area contributed by atoms with Crippen molar-refractivity contribution in [1.29, 1.82) is 0 Å². The lowest BCUT2D eigenvalue weighted by molar-refractivity contribution is -0.130. The van der Waals surface area contributed by atoms with Crippen molar-refractivity contribution in [2.75, 3.05) is 11.4 Å². The van der Waals surface area contributed by atoms with E-state index in [0.717, 1.165) is 15.7 Å². The summed E-state index contributed by atoms with van der Waals surface area (Å²) in [6.07, 6.45) is 1.70. The molecule has 1 amide bonds. The largest absolute Gasteiger partial charge is 0.312 e. The van der Waals surface area contributed by atoms with Crippen molar-refractivity contribution in [3.8, 4) is 0 Å². The molecule has 0 radical (unpaired) electrons. The third-order valence-corrected chi connectivity index (χ3v) is 4.70. The van der Waals surface area contributed by atoms with Gasteiger partial charge in [-0.05, 0) is 42.7 Å². The van der Waals surface area contributed by atoms with Gasteiger partial charge in [0, 0.05) is 23.1 Å². The summed E-state index contributed by atoms with van der Waals surface area (Å²) in [5, 5.41) is 0. The van der Waals surface area contributed by atoms with Crippen LogP contribution in [0.5, 0.6) is 0 Å². The zero-order valence-corrected chi connectivity index (χ0v) is 14.3. The fourth-order valence-corrected chi connectivity index (χ4v) is 3.42. The molecule has 0 aliphatic carbocycles. The highest BCUT2D eigenvalue weighted by atomic mass is 79.9. The van der Waals surface area contributed by atoms with Crippen molar-refractivity contribution in [3.05, 3.63) is 64.6 Å². The van der Waals surface area contributed by atoms with Crippen LogP contribution >= 0.6 is 15.9 Å². The van der Waals surface area contributed by atoms with Gasteiger partial charge in [0.25, 0.3) is 0 Å². The number of aryl methyl sites for hydroxylation is 1. The number of carbonyl (C=O) groups is 2. The number of benzene rings is 2. The smallest absolute Gasteiger partial charge is 0.237 e. The molecule has 2 aromatic rings. The van der Waals surface area contributed by atoms with Crippen LogP contribution in [0.4, 0.5) is 5.69 Å². The zero-order valence-electron chi connectivity index (χ0n) is 12.7. The van der Waals surface area contributed by atoms with Gasteiger partial charge < -0.3 is 4.90 Å². The lowest BCUT2D eigenvalue weighted by Gasteiger charge is -2.16. The van der Waals surface area contributed by atoms with Gasteiger partial charge in [0.2, 0.25) is 5.91 Å². The van der Waals surface area contributed by atoms with Crippen LogP contribution in [0, 0.1) is 5.92 Å². The van der Waals surface area contributed by atoms with Gasteiger partial charge in [0.1, 0.15) is 5.78 Å². The Balaban J connectivity index is 1.61. The normalized spacial score (nSPS) is 17.5. The second kappa shape index (κ2) is 7.09. The molecule has 0 N–H and O–H groups in total. The van der Waals surface area contributed by atoms with E-state index in [1.807, 2.05) is 54.6 Å². The molecule has 23 heavy (non-hydrogen) atoms.